The Morgan fingerprint density at radius 2 is 1.83 bits per heavy atom. The van der Waals surface area contributed by atoms with E-state index in [0.29, 0.717) is 28.5 Å². The Kier molecular flexibility index (Phi) is 4.80. The smallest absolute Gasteiger partial charge is 0.269 e. The summed E-state index contributed by atoms with van der Waals surface area (Å²) in [7, 11) is 0. The van der Waals surface area contributed by atoms with Gasteiger partial charge in [-0.1, -0.05) is 29.8 Å². The zero-order valence-corrected chi connectivity index (χ0v) is 16.0. The van der Waals surface area contributed by atoms with Crippen molar-refractivity contribution in [2.75, 3.05) is 11.5 Å². The third-order valence-corrected chi connectivity index (χ3v) is 4.85. The predicted molar refractivity (Wildman–Crippen MR) is 110 cm³/mol. The SMILES string of the molecule is Cc1ccc(-c2nc(C(=N)CO)c3c(n2)N(c2ccc([N+](=O)[O-])cc2)C(=O)C3)cc1. The van der Waals surface area contributed by atoms with E-state index in [4.69, 9.17) is 5.41 Å². The first-order chi connectivity index (χ1) is 14.4. The maximum absolute atomic E-state index is 12.8. The Hall–Kier alpha value is -3.98. The summed E-state index contributed by atoms with van der Waals surface area (Å²) >= 11 is 0. The van der Waals surface area contributed by atoms with Crippen LogP contribution in [0.5, 0.6) is 0 Å². The minimum atomic E-state index is -0.525. The number of anilines is 2. The molecule has 0 aliphatic carbocycles. The zero-order chi connectivity index (χ0) is 21.4. The molecule has 0 radical (unpaired) electrons. The zero-order valence-electron chi connectivity index (χ0n) is 16.0. The fourth-order valence-corrected chi connectivity index (χ4v) is 3.31. The molecule has 0 fully saturated rings. The van der Waals surface area contributed by atoms with Gasteiger partial charge in [0, 0.05) is 23.3 Å². The average Bonchev–Trinajstić information content (AvgIpc) is 3.08. The molecule has 0 atom stereocenters. The molecule has 1 aliphatic rings. The third kappa shape index (κ3) is 3.31. The molecule has 2 heterocycles. The number of rotatable bonds is 5. The van der Waals surface area contributed by atoms with Gasteiger partial charge >= 0.3 is 0 Å². The second-order valence-corrected chi connectivity index (χ2v) is 6.88. The van der Waals surface area contributed by atoms with E-state index in [1.807, 2.05) is 31.2 Å². The number of nitro groups is 1. The lowest BCUT2D eigenvalue weighted by Crippen LogP contribution is -2.21. The van der Waals surface area contributed by atoms with Gasteiger partial charge in [-0.3, -0.25) is 19.8 Å². The highest BCUT2D eigenvalue weighted by atomic mass is 16.6. The number of aliphatic hydroxyl groups excluding tert-OH is 1. The van der Waals surface area contributed by atoms with E-state index in [0.717, 1.165) is 5.56 Å². The number of hydrogen-bond donors (Lipinski definition) is 2. The van der Waals surface area contributed by atoms with E-state index in [1.54, 1.807) is 0 Å². The number of hydrogen-bond acceptors (Lipinski definition) is 7. The van der Waals surface area contributed by atoms with Crippen molar-refractivity contribution in [3.63, 3.8) is 0 Å². The van der Waals surface area contributed by atoms with Crippen molar-refractivity contribution >= 4 is 28.8 Å². The Morgan fingerprint density at radius 3 is 2.43 bits per heavy atom. The normalized spacial score (nSPS) is 12.7. The van der Waals surface area contributed by atoms with Crippen LogP contribution in [0.25, 0.3) is 11.4 Å². The minimum absolute atomic E-state index is 0.0296. The number of nitrogens with one attached hydrogen (secondary N) is 1. The van der Waals surface area contributed by atoms with Crippen LogP contribution in [0, 0.1) is 22.4 Å². The van der Waals surface area contributed by atoms with Gasteiger partial charge in [0.05, 0.1) is 35.0 Å². The molecule has 4 rings (SSSR count). The molecular formula is C21H17N5O4. The van der Waals surface area contributed by atoms with Gasteiger partial charge in [0.15, 0.2) is 5.82 Å². The standard InChI is InChI=1S/C21H17N5O4/c1-12-2-4-13(5-3-12)20-23-19(17(22)11-27)16-10-18(28)25(21(16)24-20)14-6-8-15(9-7-14)26(29)30/h2-9,22,27H,10-11H2,1H3. The first-order valence-corrected chi connectivity index (χ1v) is 9.13. The number of aryl methyl sites for hydroxylation is 1. The Bertz CT molecular complexity index is 1170. The Labute approximate surface area is 171 Å². The van der Waals surface area contributed by atoms with Gasteiger partial charge in [-0.15, -0.1) is 0 Å². The minimum Gasteiger partial charge on any atom is -0.390 e. The highest BCUT2D eigenvalue weighted by molar-refractivity contribution is 6.10. The second-order valence-electron chi connectivity index (χ2n) is 6.88. The molecule has 0 saturated heterocycles. The molecule has 2 N–H and O–H groups in total. The summed E-state index contributed by atoms with van der Waals surface area (Å²) in [5.74, 6) is 0.345. The van der Waals surface area contributed by atoms with Crippen molar-refractivity contribution in [1.29, 1.82) is 5.41 Å². The molecule has 0 saturated carbocycles. The van der Waals surface area contributed by atoms with E-state index in [-0.39, 0.29) is 29.4 Å². The van der Waals surface area contributed by atoms with E-state index in [1.165, 1.54) is 29.2 Å². The van der Waals surface area contributed by atoms with Crippen LogP contribution in [0.2, 0.25) is 0 Å². The maximum Gasteiger partial charge on any atom is 0.269 e. The molecule has 0 spiro atoms. The summed E-state index contributed by atoms with van der Waals surface area (Å²) in [6, 6.07) is 13.1. The molecule has 1 aromatic heterocycles. The maximum atomic E-state index is 12.8. The molecule has 3 aromatic rings. The number of amides is 1. The van der Waals surface area contributed by atoms with Crippen LogP contribution >= 0.6 is 0 Å². The number of nitrogens with zero attached hydrogens (tertiary/aromatic N) is 4. The highest BCUT2D eigenvalue weighted by Crippen LogP contribution is 2.37. The van der Waals surface area contributed by atoms with Gasteiger partial charge in [-0.25, -0.2) is 9.97 Å². The van der Waals surface area contributed by atoms with Crippen molar-refractivity contribution in [2.24, 2.45) is 0 Å². The lowest BCUT2D eigenvalue weighted by atomic mass is 10.1. The highest BCUT2D eigenvalue weighted by Gasteiger charge is 2.34. The van der Waals surface area contributed by atoms with E-state index < -0.39 is 11.5 Å². The second kappa shape index (κ2) is 7.45. The summed E-state index contributed by atoms with van der Waals surface area (Å²) in [6.07, 6.45) is -0.0296. The summed E-state index contributed by atoms with van der Waals surface area (Å²) in [5, 5.41) is 28.5. The fraction of sp³-hybridized carbons (Fsp3) is 0.143. The van der Waals surface area contributed by atoms with Gasteiger partial charge in [0.1, 0.15) is 5.82 Å². The van der Waals surface area contributed by atoms with Crippen LogP contribution in [0.1, 0.15) is 16.8 Å². The van der Waals surface area contributed by atoms with Crippen molar-refractivity contribution in [3.8, 4) is 11.4 Å². The van der Waals surface area contributed by atoms with Gasteiger partial charge in [-0.2, -0.15) is 0 Å². The third-order valence-electron chi connectivity index (χ3n) is 4.85. The molecule has 9 nitrogen and oxygen atoms in total. The number of benzene rings is 2. The van der Waals surface area contributed by atoms with Crippen LogP contribution < -0.4 is 4.90 Å². The van der Waals surface area contributed by atoms with Crippen LogP contribution in [-0.4, -0.2) is 38.2 Å². The molecule has 30 heavy (non-hydrogen) atoms. The van der Waals surface area contributed by atoms with Crippen molar-refractivity contribution in [1.82, 2.24) is 9.97 Å². The van der Waals surface area contributed by atoms with Crippen LogP contribution in [0.15, 0.2) is 48.5 Å². The van der Waals surface area contributed by atoms with Gasteiger partial charge in [0.25, 0.3) is 5.69 Å². The monoisotopic (exact) mass is 403 g/mol. The Balaban J connectivity index is 1.88. The molecule has 2 aromatic carbocycles. The van der Waals surface area contributed by atoms with E-state index in [2.05, 4.69) is 9.97 Å². The van der Waals surface area contributed by atoms with Crippen LogP contribution in [0.3, 0.4) is 0 Å². The van der Waals surface area contributed by atoms with Gasteiger partial charge in [-0.05, 0) is 19.1 Å². The van der Waals surface area contributed by atoms with Crippen molar-refractivity contribution in [3.05, 3.63) is 75.5 Å². The largest absolute Gasteiger partial charge is 0.390 e. The Morgan fingerprint density at radius 1 is 1.17 bits per heavy atom. The van der Waals surface area contributed by atoms with E-state index >= 15 is 0 Å². The number of aliphatic hydroxyl groups is 1. The molecule has 150 valence electrons. The quantitative estimate of drug-likeness (QED) is 0.382. The fourth-order valence-electron chi connectivity index (χ4n) is 3.31. The van der Waals surface area contributed by atoms with Crippen LogP contribution in [-0.2, 0) is 11.2 Å². The summed E-state index contributed by atoms with van der Waals surface area (Å²) in [4.78, 5) is 33.6. The summed E-state index contributed by atoms with van der Waals surface area (Å²) < 4.78 is 0. The number of aromatic nitrogens is 2. The first-order valence-electron chi connectivity index (χ1n) is 9.13. The number of nitro benzene ring substituents is 1. The molecule has 1 aliphatic heterocycles. The molecule has 9 heteroatoms. The summed E-state index contributed by atoms with van der Waals surface area (Å²) in [6.45, 7) is 1.43. The predicted octanol–water partition coefficient (Wildman–Crippen LogP) is 2.94. The number of carbonyl (C=O) groups is 1. The molecule has 1 amide bonds. The molecule has 0 unspecified atom stereocenters. The number of non-ortho nitro benzene ring substituents is 1. The lowest BCUT2D eigenvalue weighted by Gasteiger charge is -2.18. The van der Waals surface area contributed by atoms with E-state index in [9.17, 15) is 20.0 Å². The lowest BCUT2D eigenvalue weighted by molar-refractivity contribution is -0.384. The number of carbonyl (C=O) groups excluding carboxylic acids is 1. The van der Waals surface area contributed by atoms with Gasteiger partial charge in [0.2, 0.25) is 5.91 Å². The van der Waals surface area contributed by atoms with Crippen LogP contribution in [0.4, 0.5) is 17.2 Å². The molecule has 0 bridgehead atoms. The van der Waals surface area contributed by atoms with Gasteiger partial charge < -0.3 is 10.5 Å². The van der Waals surface area contributed by atoms with Crippen molar-refractivity contribution in [2.45, 2.75) is 13.3 Å². The topological polar surface area (TPSA) is 133 Å². The summed E-state index contributed by atoms with van der Waals surface area (Å²) in [5.41, 5.74) is 2.67. The molecular weight excluding hydrogens is 386 g/mol. The first kappa shape index (κ1) is 19.3. The average molecular weight is 403 g/mol. The van der Waals surface area contributed by atoms with Crippen molar-refractivity contribution < 1.29 is 14.8 Å². The number of fused-ring (bicyclic) bond motifs is 1.